The van der Waals surface area contributed by atoms with Gasteiger partial charge in [-0.3, -0.25) is 9.69 Å². The number of aliphatic hydroxyl groups is 1. The number of nitrogens with zero attached hydrogens (tertiary/aromatic N) is 5. The van der Waals surface area contributed by atoms with Gasteiger partial charge in [-0.25, -0.2) is 9.97 Å². The zero-order chi connectivity index (χ0) is 19.2. The van der Waals surface area contributed by atoms with Crippen LogP contribution >= 0.6 is 0 Å². The second kappa shape index (κ2) is 9.43. The van der Waals surface area contributed by atoms with Crippen LogP contribution in [0.5, 0.6) is 0 Å². The molecule has 1 aromatic rings. The number of likely N-dealkylation sites (tertiary alicyclic amines) is 1. The third-order valence-electron chi connectivity index (χ3n) is 5.64. The van der Waals surface area contributed by atoms with Gasteiger partial charge in [-0.05, 0) is 33.4 Å². The maximum atomic E-state index is 12.5. The molecule has 1 amide bonds. The van der Waals surface area contributed by atoms with Gasteiger partial charge in [0.05, 0.1) is 17.9 Å². The van der Waals surface area contributed by atoms with Crippen LogP contribution < -0.4 is 10.2 Å². The average molecular weight is 377 g/mol. The Morgan fingerprint density at radius 3 is 2.74 bits per heavy atom. The Hall–Kier alpha value is -1.77. The number of piperazine rings is 1. The molecule has 0 aromatic carbocycles. The molecule has 2 aliphatic rings. The van der Waals surface area contributed by atoms with Gasteiger partial charge < -0.3 is 20.2 Å². The van der Waals surface area contributed by atoms with Crippen molar-refractivity contribution in [1.29, 1.82) is 0 Å². The SMILES string of the molecule is Cc1nc(N2CCN(C)CC2)ncc1C(=O)NCCN1CCCC[C@H]1CO. The standard InChI is InChI=1S/C19H32N6O2/c1-15-17(13-21-19(22-15)25-11-9-23(2)10-12-25)18(27)20-6-8-24-7-4-3-5-16(24)14-26/h13,16,26H,3-12,14H2,1-2H3,(H,20,27)/t16-/m0/s1. The summed E-state index contributed by atoms with van der Waals surface area (Å²) in [6, 6.07) is 0.226. The lowest BCUT2D eigenvalue weighted by Crippen LogP contribution is -2.45. The fraction of sp³-hybridized carbons (Fsp3) is 0.737. The number of anilines is 1. The molecule has 3 heterocycles. The van der Waals surface area contributed by atoms with Gasteiger partial charge in [0.15, 0.2) is 0 Å². The van der Waals surface area contributed by atoms with Crippen LogP contribution in [0.4, 0.5) is 5.95 Å². The average Bonchev–Trinajstić information content (AvgIpc) is 2.68. The van der Waals surface area contributed by atoms with E-state index < -0.39 is 0 Å². The van der Waals surface area contributed by atoms with Crippen LogP contribution in [-0.4, -0.2) is 96.3 Å². The number of carbonyl (C=O) groups excluding carboxylic acids is 1. The van der Waals surface area contributed by atoms with Gasteiger partial charge in [0.2, 0.25) is 5.95 Å². The highest BCUT2D eigenvalue weighted by Crippen LogP contribution is 2.16. The van der Waals surface area contributed by atoms with Crippen LogP contribution in [0.15, 0.2) is 6.20 Å². The lowest BCUT2D eigenvalue weighted by Gasteiger charge is -2.34. The first-order chi connectivity index (χ1) is 13.1. The molecular formula is C19H32N6O2. The van der Waals surface area contributed by atoms with E-state index in [2.05, 4.69) is 37.0 Å². The molecule has 0 aliphatic carbocycles. The number of hydrogen-bond donors (Lipinski definition) is 2. The molecule has 150 valence electrons. The Balaban J connectivity index is 1.52. The minimum absolute atomic E-state index is 0.130. The van der Waals surface area contributed by atoms with E-state index in [0.717, 1.165) is 52.1 Å². The summed E-state index contributed by atoms with van der Waals surface area (Å²) < 4.78 is 0. The summed E-state index contributed by atoms with van der Waals surface area (Å²) in [4.78, 5) is 28.2. The topological polar surface area (TPSA) is 84.8 Å². The summed E-state index contributed by atoms with van der Waals surface area (Å²) in [7, 11) is 2.11. The van der Waals surface area contributed by atoms with Crippen molar-refractivity contribution in [1.82, 2.24) is 25.1 Å². The highest BCUT2D eigenvalue weighted by atomic mass is 16.3. The Morgan fingerprint density at radius 1 is 1.26 bits per heavy atom. The molecule has 2 saturated heterocycles. The highest BCUT2D eigenvalue weighted by molar-refractivity contribution is 5.94. The maximum absolute atomic E-state index is 12.5. The Labute approximate surface area is 161 Å². The minimum atomic E-state index is -0.130. The number of piperidine rings is 1. The summed E-state index contributed by atoms with van der Waals surface area (Å²) >= 11 is 0. The van der Waals surface area contributed by atoms with Crippen molar-refractivity contribution >= 4 is 11.9 Å². The van der Waals surface area contributed by atoms with E-state index in [0.29, 0.717) is 23.8 Å². The van der Waals surface area contributed by atoms with Crippen LogP contribution in [0.1, 0.15) is 35.3 Å². The van der Waals surface area contributed by atoms with Crippen molar-refractivity contribution < 1.29 is 9.90 Å². The fourth-order valence-electron chi connectivity index (χ4n) is 3.81. The van der Waals surface area contributed by atoms with Crippen molar-refractivity contribution in [3.05, 3.63) is 17.5 Å². The summed E-state index contributed by atoms with van der Waals surface area (Å²) in [5, 5.41) is 12.5. The lowest BCUT2D eigenvalue weighted by molar-refractivity contribution is 0.0848. The lowest BCUT2D eigenvalue weighted by atomic mass is 10.0. The first-order valence-electron chi connectivity index (χ1n) is 9.98. The largest absolute Gasteiger partial charge is 0.395 e. The molecule has 1 atom stereocenters. The molecule has 0 unspecified atom stereocenters. The highest BCUT2D eigenvalue weighted by Gasteiger charge is 2.22. The normalized spacial score (nSPS) is 22.0. The Kier molecular flexibility index (Phi) is 6.98. The van der Waals surface area contributed by atoms with Gasteiger partial charge in [-0.1, -0.05) is 6.42 Å². The van der Waals surface area contributed by atoms with Crippen molar-refractivity contribution in [2.75, 3.05) is 64.4 Å². The van der Waals surface area contributed by atoms with Crippen LogP contribution in [0.25, 0.3) is 0 Å². The molecule has 1 aromatic heterocycles. The zero-order valence-electron chi connectivity index (χ0n) is 16.5. The van der Waals surface area contributed by atoms with Crippen LogP contribution in [0, 0.1) is 6.92 Å². The van der Waals surface area contributed by atoms with Crippen molar-refractivity contribution in [3.8, 4) is 0 Å². The number of aliphatic hydroxyl groups excluding tert-OH is 1. The number of aryl methyl sites for hydroxylation is 1. The van der Waals surface area contributed by atoms with Gasteiger partial charge >= 0.3 is 0 Å². The molecule has 8 heteroatoms. The zero-order valence-corrected chi connectivity index (χ0v) is 16.5. The molecular weight excluding hydrogens is 344 g/mol. The third-order valence-corrected chi connectivity index (χ3v) is 5.64. The fourth-order valence-corrected chi connectivity index (χ4v) is 3.81. The molecule has 0 bridgehead atoms. The number of carbonyl (C=O) groups is 1. The van der Waals surface area contributed by atoms with E-state index in [1.807, 2.05) is 6.92 Å². The number of rotatable bonds is 6. The summed E-state index contributed by atoms with van der Waals surface area (Å²) in [5.74, 6) is 0.575. The number of nitrogens with one attached hydrogen (secondary N) is 1. The van der Waals surface area contributed by atoms with Crippen LogP contribution in [-0.2, 0) is 0 Å². The predicted molar refractivity (Wildman–Crippen MR) is 105 cm³/mol. The molecule has 2 fully saturated rings. The molecule has 0 saturated carbocycles. The monoisotopic (exact) mass is 376 g/mol. The Bertz CT molecular complexity index is 633. The maximum Gasteiger partial charge on any atom is 0.254 e. The smallest absolute Gasteiger partial charge is 0.254 e. The first kappa shape index (κ1) is 20.0. The summed E-state index contributed by atoms with van der Waals surface area (Å²) in [6.07, 6.45) is 5.00. The molecule has 8 nitrogen and oxygen atoms in total. The Morgan fingerprint density at radius 2 is 2.04 bits per heavy atom. The van der Waals surface area contributed by atoms with Crippen molar-refractivity contribution in [2.24, 2.45) is 0 Å². The second-order valence-electron chi connectivity index (χ2n) is 7.58. The molecule has 2 N–H and O–H groups in total. The van der Waals surface area contributed by atoms with Gasteiger partial charge in [0.25, 0.3) is 5.91 Å². The first-order valence-corrected chi connectivity index (χ1v) is 9.98. The summed E-state index contributed by atoms with van der Waals surface area (Å²) in [5.41, 5.74) is 1.24. The summed E-state index contributed by atoms with van der Waals surface area (Å²) in [6.45, 7) is 8.17. The number of amides is 1. The van der Waals surface area contributed by atoms with E-state index in [1.54, 1.807) is 6.20 Å². The predicted octanol–water partition coefficient (Wildman–Crippen LogP) is 0.113. The van der Waals surface area contributed by atoms with Gasteiger partial charge in [-0.15, -0.1) is 0 Å². The van der Waals surface area contributed by atoms with Crippen LogP contribution in [0.2, 0.25) is 0 Å². The molecule has 0 spiro atoms. The van der Waals surface area contributed by atoms with E-state index in [1.165, 1.54) is 6.42 Å². The number of aromatic nitrogens is 2. The number of hydrogen-bond acceptors (Lipinski definition) is 7. The van der Waals surface area contributed by atoms with E-state index in [9.17, 15) is 9.90 Å². The second-order valence-corrected chi connectivity index (χ2v) is 7.58. The van der Waals surface area contributed by atoms with Gasteiger partial charge in [0, 0.05) is 51.5 Å². The third kappa shape index (κ3) is 5.15. The molecule has 27 heavy (non-hydrogen) atoms. The van der Waals surface area contributed by atoms with Crippen molar-refractivity contribution in [2.45, 2.75) is 32.2 Å². The number of likely N-dealkylation sites (N-methyl/N-ethyl adjacent to an activating group) is 1. The van der Waals surface area contributed by atoms with Gasteiger partial charge in [0.1, 0.15) is 0 Å². The van der Waals surface area contributed by atoms with E-state index >= 15 is 0 Å². The molecule has 0 radical (unpaired) electrons. The quantitative estimate of drug-likeness (QED) is 0.729. The van der Waals surface area contributed by atoms with Gasteiger partial charge in [-0.2, -0.15) is 0 Å². The van der Waals surface area contributed by atoms with E-state index in [4.69, 9.17) is 0 Å². The minimum Gasteiger partial charge on any atom is -0.395 e. The van der Waals surface area contributed by atoms with Crippen LogP contribution in [0.3, 0.4) is 0 Å². The molecule has 3 rings (SSSR count). The van der Waals surface area contributed by atoms with Crippen molar-refractivity contribution in [3.63, 3.8) is 0 Å². The molecule has 2 aliphatic heterocycles. The van der Waals surface area contributed by atoms with E-state index in [-0.39, 0.29) is 18.6 Å².